The molecular weight excluding hydrogens is 408 g/mol. The zero-order valence-corrected chi connectivity index (χ0v) is 18.3. The largest absolute Gasteiger partial charge is 0.497 e. The number of rotatable bonds is 5. The minimum Gasteiger partial charge on any atom is -0.497 e. The summed E-state index contributed by atoms with van der Waals surface area (Å²) in [6.45, 7) is 2.09. The number of methoxy groups -OCH3 is 2. The molecule has 1 saturated heterocycles. The van der Waals surface area contributed by atoms with E-state index in [0.717, 1.165) is 16.6 Å². The highest BCUT2D eigenvalue weighted by molar-refractivity contribution is 8.13. The van der Waals surface area contributed by atoms with Crippen molar-refractivity contribution in [1.29, 1.82) is 0 Å². The summed E-state index contributed by atoms with van der Waals surface area (Å²) in [5.74, 6) is 2.30. The lowest BCUT2D eigenvalue weighted by Crippen LogP contribution is -2.39. The molecular formula is C21H24N2O4S2. The summed E-state index contributed by atoms with van der Waals surface area (Å²) in [6, 6.07) is 13.3. The van der Waals surface area contributed by atoms with E-state index in [1.807, 2.05) is 35.2 Å². The highest BCUT2D eigenvalue weighted by atomic mass is 32.2. The Balaban J connectivity index is 1.70. The molecule has 0 aliphatic carbocycles. The summed E-state index contributed by atoms with van der Waals surface area (Å²) in [4.78, 5) is 6.84. The Kier molecular flexibility index (Phi) is 5.48. The van der Waals surface area contributed by atoms with Gasteiger partial charge in [-0.25, -0.2) is 8.42 Å². The third-order valence-electron chi connectivity index (χ3n) is 5.37. The van der Waals surface area contributed by atoms with Crippen LogP contribution in [0.25, 0.3) is 0 Å². The van der Waals surface area contributed by atoms with Crippen LogP contribution >= 0.6 is 11.8 Å². The topological polar surface area (TPSA) is 68.2 Å². The summed E-state index contributed by atoms with van der Waals surface area (Å²) in [6.07, 6.45) is 0. The monoisotopic (exact) mass is 432 g/mol. The van der Waals surface area contributed by atoms with Crippen molar-refractivity contribution in [3.8, 4) is 11.5 Å². The zero-order valence-electron chi connectivity index (χ0n) is 16.7. The van der Waals surface area contributed by atoms with E-state index < -0.39 is 9.84 Å². The second-order valence-corrected chi connectivity index (χ2v) is 10.3. The molecule has 1 fully saturated rings. The quantitative estimate of drug-likeness (QED) is 0.722. The van der Waals surface area contributed by atoms with E-state index in [2.05, 4.69) is 19.1 Å². The maximum Gasteiger partial charge on any atom is 0.164 e. The van der Waals surface area contributed by atoms with Crippen LogP contribution in [0, 0.1) is 6.92 Å². The minimum absolute atomic E-state index is 0.0921. The van der Waals surface area contributed by atoms with Gasteiger partial charge in [-0.15, -0.1) is 0 Å². The summed E-state index contributed by atoms with van der Waals surface area (Å²) in [5, 5.41) is 0.824. The van der Waals surface area contributed by atoms with Gasteiger partial charge in [-0.2, -0.15) is 0 Å². The Labute approximate surface area is 175 Å². The van der Waals surface area contributed by atoms with E-state index >= 15 is 0 Å². The first kappa shape index (κ1) is 20.1. The number of amidine groups is 1. The molecule has 2 heterocycles. The second-order valence-electron chi connectivity index (χ2n) is 7.25. The van der Waals surface area contributed by atoms with E-state index in [-0.39, 0.29) is 23.6 Å². The number of hydrogen-bond acceptors (Lipinski definition) is 7. The van der Waals surface area contributed by atoms with Gasteiger partial charge in [0.05, 0.1) is 43.5 Å². The number of fused-ring (bicyclic) bond motifs is 1. The molecule has 29 heavy (non-hydrogen) atoms. The molecule has 8 heteroatoms. The van der Waals surface area contributed by atoms with Gasteiger partial charge in [-0.05, 0) is 30.2 Å². The number of hydrogen-bond donors (Lipinski definition) is 0. The number of ether oxygens (including phenoxy) is 2. The SMILES string of the molecule is COc1ccc(OC)c(N2C(SCc3ccccc3C)=N[C@@H]3CS(=O)(=O)C[C@@H]32)c1. The third-order valence-corrected chi connectivity index (χ3v) is 8.09. The first-order valence-electron chi connectivity index (χ1n) is 9.38. The molecule has 0 amide bonds. The second kappa shape index (κ2) is 7.91. The lowest BCUT2D eigenvalue weighted by Gasteiger charge is -2.28. The Hall–Kier alpha value is -2.19. The molecule has 2 atom stereocenters. The van der Waals surface area contributed by atoms with Gasteiger partial charge >= 0.3 is 0 Å². The van der Waals surface area contributed by atoms with Crippen molar-refractivity contribution in [2.24, 2.45) is 4.99 Å². The van der Waals surface area contributed by atoms with Gasteiger partial charge in [-0.1, -0.05) is 36.0 Å². The van der Waals surface area contributed by atoms with Gasteiger partial charge in [0.15, 0.2) is 15.0 Å². The Bertz CT molecular complexity index is 1050. The molecule has 2 aliphatic heterocycles. The fourth-order valence-electron chi connectivity index (χ4n) is 3.81. The van der Waals surface area contributed by atoms with Crippen LogP contribution in [-0.2, 0) is 15.6 Å². The van der Waals surface area contributed by atoms with E-state index in [1.165, 1.54) is 11.1 Å². The number of nitrogens with zero attached hydrogens (tertiary/aromatic N) is 2. The Morgan fingerprint density at radius 2 is 1.93 bits per heavy atom. The maximum absolute atomic E-state index is 12.3. The lowest BCUT2D eigenvalue weighted by molar-refractivity contribution is 0.403. The molecule has 0 bridgehead atoms. The van der Waals surface area contributed by atoms with Gasteiger partial charge in [0.2, 0.25) is 0 Å². The number of sulfone groups is 1. The zero-order chi connectivity index (χ0) is 20.6. The van der Waals surface area contributed by atoms with Crippen LogP contribution in [0.3, 0.4) is 0 Å². The summed E-state index contributed by atoms with van der Waals surface area (Å²) in [5.41, 5.74) is 3.25. The van der Waals surface area contributed by atoms with Crippen molar-refractivity contribution in [3.63, 3.8) is 0 Å². The van der Waals surface area contributed by atoms with Crippen molar-refractivity contribution < 1.29 is 17.9 Å². The molecule has 6 nitrogen and oxygen atoms in total. The molecule has 0 N–H and O–H groups in total. The van der Waals surface area contributed by atoms with Gasteiger partial charge in [0, 0.05) is 11.8 Å². The Morgan fingerprint density at radius 3 is 2.66 bits per heavy atom. The van der Waals surface area contributed by atoms with Crippen molar-refractivity contribution in [1.82, 2.24) is 0 Å². The first-order chi connectivity index (χ1) is 13.9. The molecule has 154 valence electrons. The highest BCUT2D eigenvalue weighted by Gasteiger charge is 2.47. The molecule has 0 aromatic heterocycles. The number of anilines is 1. The van der Waals surface area contributed by atoms with Gasteiger partial charge in [-0.3, -0.25) is 4.99 Å². The molecule has 2 aliphatic rings. The molecule has 2 aromatic carbocycles. The van der Waals surface area contributed by atoms with E-state index in [4.69, 9.17) is 14.5 Å². The number of benzene rings is 2. The normalized spacial score (nSPS) is 22.3. The summed E-state index contributed by atoms with van der Waals surface area (Å²) >= 11 is 1.63. The van der Waals surface area contributed by atoms with Crippen LogP contribution in [0.5, 0.6) is 11.5 Å². The van der Waals surface area contributed by atoms with Crippen molar-refractivity contribution >= 4 is 32.5 Å². The average Bonchev–Trinajstić information content (AvgIpc) is 3.17. The predicted molar refractivity (Wildman–Crippen MR) is 118 cm³/mol. The van der Waals surface area contributed by atoms with Crippen LogP contribution in [0.15, 0.2) is 47.5 Å². The van der Waals surface area contributed by atoms with Crippen LogP contribution in [-0.4, -0.2) is 51.4 Å². The van der Waals surface area contributed by atoms with Gasteiger partial charge in [0.25, 0.3) is 0 Å². The fourth-order valence-corrected chi connectivity index (χ4v) is 6.85. The fraction of sp³-hybridized carbons (Fsp3) is 0.381. The van der Waals surface area contributed by atoms with Crippen LogP contribution in [0.1, 0.15) is 11.1 Å². The smallest absolute Gasteiger partial charge is 0.164 e. The van der Waals surface area contributed by atoms with Crippen LogP contribution < -0.4 is 14.4 Å². The van der Waals surface area contributed by atoms with E-state index in [9.17, 15) is 8.42 Å². The highest BCUT2D eigenvalue weighted by Crippen LogP contribution is 2.41. The standard InChI is InChI=1S/C21H24N2O4S2/c1-14-6-4-5-7-15(14)11-28-21-22-17-12-29(24,25)13-19(17)23(21)18-10-16(26-2)8-9-20(18)27-3/h4-10,17,19H,11-13H2,1-3H3/t17-,19+/m1/s1. The molecule has 0 radical (unpaired) electrons. The van der Waals surface area contributed by atoms with Crippen LogP contribution in [0.4, 0.5) is 5.69 Å². The van der Waals surface area contributed by atoms with Gasteiger partial charge in [0.1, 0.15) is 11.5 Å². The molecule has 0 spiro atoms. The van der Waals surface area contributed by atoms with Crippen molar-refractivity contribution in [3.05, 3.63) is 53.6 Å². The maximum atomic E-state index is 12.3. The van der Waals surface area contributed by atoms with Gasteiger partial charge < -0.3 is 14.4 Å². The van der Waals surface area contributed by atoms with Crippen molar-refractivity contribution in [2.75, 3.05) is 30.6 Å². The lowest BCUT2D eigenvalue weighted by atomic mass is 10.1. The third kappa shape index (κ3) is 3.96. The van der Waals surface area contributed by atoms with Crippen LogP contribution in [0.2, 0.25) is 0 Å². The molecule has 0 unspecified atom stereocenters. The van der Waals surface area contributed by atoms with E-state index in [0.29, 0.717) is 11.5 Å². The van der Waals surface area contributed by atoms with Crippen molar-refractivity contribution in [2.45, 2.75) is 24.8 Å². The Morgan fingerprint density at radius 1 is 1.14 bits per heavy atom. The molecule has 2 aromatic rings. The summed E-state index contributed by atoms with van der Waals surface area (Å²) in [7, 11) is 0.115. The molecule has 4 rings (SSSR count). The number of aliphatic imine (C=N–C) groups is 1. The predicted octanol–water partition coefficient (Wildman–Crippen LogP) is 3.29. The first-order valence-corrected chi connectivity index (χ1v) is 12.2. The van der Waals surface area contributed by atoms with E-state index in [1.54, 1.807) is 26.0 Å². The molecule has 0 saturated carbocycles. The minimum atomic E-state index is -3.11. The number of aryl methyl sites for hydroxylation is 1. The number of thioether (sulfide) groups is 1. The average molecular weight is 433 g/mol. The summed E-state index contributed by atoms with van der Waals surface area (Å²) < 4.78 is 35.5.